The second-order valence-corrected chi connectivity index (χ2v) is 5.48. The van der Waals surface area contributed by atoms with Crippen molar-refractivity contribution in [2.24, 2.45) is 5.73 Å². The molecule has 2 aromatic carbocycles. The molecular weight excluding hydrogens is 250 g/mol. The monoisotopic (exact) mass is 267 g/mol. The Bertz CT molecular complexity index is 666. The number of fused-ring (bicyclic) bond motifs is 2. The number of aryl methyl sites for hydroxylation is 1. The van der Waals surface area contributed by atoms with Gasteiger partial charge in [0.05, 0.1) is 0 Å². The average Bonchev–Trinajstić information content (AvgIpc) is 2.95. The first-order valence-electron chi connectivity index (χ1n) is 7.10. The Hall–Kier alpha value is -2.00. The number of rotatable bonds is 1. The van der Waals surface area contributed by atoms with Crippen molar-refractivity contribution in [3.8, 4) is 22.6 Å². The van der Waals surface area contributed by atoms with Gasteiger partial charge in [-0.3, -0.25) is 0 Å². The van der Waals surface area contributed by atoms with E-state index in [1.54, 1.807) is 0 Å². The number of nitrogens with two attached hydrogens (primary N) is 1. The van der Waals surface area contributed by atoms with Gasteiger partial charge in [-0.15, -0.1) is 0 Å². The molecule has 2 aromatic rings. The van der Waals surface area contributed by atoms with Gasteiger partial charge in [-0.2, -0.15) is 0 Å². The van der Waals surface area contributed by atoms with E-state index >= 15 is 0 Å². The molecule has 2 N–H and O–H groups in total. The summed E-state index contributed by atoms with van der Waals surface area (Å²) in [7, 11) is 0. The summed E-state index contributed by atoms with van der Waals surface area (Å²) in [4.78, 5) is 0. The quantitative estimate of drug-likeness (QED) is 0.861. The smallest absolute Gasteiger partial charge is 0.231 e. The Balaban J connectivity index is 1.77. The van der Waals surface area contributed by atoms with Crippen molar-refractivity contribution in [2.45, 2.75) is 25.3 Å². The van der Waals surface area contributed by atoms with Gasteiger partial charge >= 0.3 is 0 Å². The highest BCUT2D eigenvalue weighted by Crippen LogP contribution is 2.37. The van der Waals surface area contributed by atoms with Crippen molar-refractivity contribution in [2.75, 3.05) is 6.79 Å². The molecule has 0 spiro atoms. The molecule has 0 saturated heterocycles. The zero-order chi connectivity index (χ0) is 13.5. The first kappa shape index (κ1) is 11.8. The highest BCUT2D eigenvalue weighted by atomic mass is 16.7. The lowest BCUT2D eigenvalue weighted by Gasteiger charge is -2.23. The highest BCUT2D eigenvalue weighted by Gasteiger charge is 2.18. The Labute approximate surface area is 118 Å². The topological polar surface area (TPSA) is 44.5 Å². The molecule has 0 aromatic heterocycles. The fourth-order valence-electron chi connectivity index (χ4n) is 3.09. The predicted molar refractivity (Wildman–Crippen MR) is 77.9 cm³/mol. The van der Waals surface area contributed by atoms with Crippen LogP contribution in [0, 0.1) is 0 Å². The van der Waals surface area contributed by atoms with Gasteiger partial charge in [0.25, 0.3) is 0 Å². The van der Waals surface area contributed by atoms with Gasteiger partial charge in [0.15, 0.2) is 11.5 Å². The zero-order valence-corrected chi connectivity index (χ0v) is 11.3. The van der Waals surface area contributed by atoms with Crippen LogP contribution in [0.5, 0.6) is 11.5 Å². The van der Waals surface area contributed by atoms with Crippen molar-refractivity contribution in [3.63, 3.8) is 0 Å². The third-order valence-electron chi connectivity index (χ3n) is 4.21. The maximum Gasteiger partial charge on any atom is 0.231 e. The van der Waals surface area contributed by atoms with E-state index in [9.17, 15) is 0 Å². The molecule has 0 amide bonds. The van der Waals surface area contributed by atoms with Gasteiger partial charge in [0.2, 0.25) is 6.79 Å². The van der Waals surface area contributed by atoms with Crippen molar-refractivity contribution >= 4 is 0 Å². The van der Waals surface area contributed by atoms with Crippen LogP contribution in [-0.4, -0.2) is 6.79 Å². The Morgan fingerprint density at radius 1 is 0.950 bits per heavy atom. The van der Waals surface area contributed by atoms with E-state index in [0.717, 1.165) is 29.9 Å². The number of ether oxygens (including phenoxy) is 2. The zero-order valence-electron chi connectivity index (χ0n) is 11.3. The minimum Gasteiger partial charge on any atom is -0.454 e. The molecule has 0 saturated carbocycles. The minimum absolute atomic E-state index is 0.174. The van der Waals surface area contributed by atoms with Crippen LogP contribution >= 0.6 is 0 Å². The van der Waals surface area contributed by atoms with E-state index in [-0.39, 0.29) is 6.04 Å². The maximum atomic E-state index is 6.24. The maximum absolute atomic E-state index is 6.24. The van der Waals surface area contributed by atoms with Crippen LogP contribution in [0.15, 0.2) is 36.4 Å². The highest BCUT2D eigenvalue weighted by molar-refractivity contribution is 5.69. The summed E-state index contributed by atoms with van der Waals surface area (Å²) in [6.45, 7) is 0.313. The van der Waals surface area contributed by atoms with Crippen molar-refractivity contribution < 1.29 is 9.47 Å². The van der Waals surface area contributed by atoms with Crippen LogP contribution in [0.4, 0.5) is 0 Å². The largest absolute Gasteiger partial charge is 0.454 e. The molecule has 20 heavy (non-hydrogen) atoms. The predicted octanol–water partition coefficient (Wildman–Crippen LogP) is 3.42. The first-order valence-corrected chi connectivity index (χ1v) is 7.10. The summed E-state index contributed by atoms with van der Waals surface area (Å²) >= 11 is 0. The SMILES string of the molecule is NC1CCCc2ccc(-c3ccc4c(c3)OCO4)cc21. The summed E-state index contributed by atoms with van der Waals surface area (Å²) in [5, 5.41) is 0. The van der Waals surface area contributed by atoms with E-state index in [1.807, 2.05) is 12.1 Å². The Kier molecular flexibility index (Phi) is 2.67. The normalized spacial score (nSPS) is 19.8. The number of benzene rings is 2. The van der Waals surface area contributed by atoms with Gasteiger partial charge in [-0.1, -0.05) is 18.2 Å². The minimum atomic E-state index is 0.174. The molecule has 1 atom stereocenters. The van der Waals surface area contributed by atoms with Gasteiger partial charge in [0.1, 0.15) is 0 Å². The van der Waals surface area contributed by atoms with E-state index in [4.69, 9.17) is 15.2 Å². The number of hydrogen-bond acceptors (Lipinski definition) is 3. The third-order valence-corrected chi connectivity index (χ3v) is 4.21. The third kappa shape index (κ3) is 1.86. The van der Waals surface area contributed by atoms with Crippen LogP contribution in [0.1, 0.15) is 30.0 Å². The lowest BCUT2D eigenvalue weighted by Crippen LogP contribution is -2.17. The fraction of sp³-hybridized carbons (Fsp3) is 0.294. The van der Waals surface area contributed by atoms with Crippen molar-refractivity contribution in [1.29, 1.82) is 0 Å². The van der Waals surface area contributed by atoms with Crippen LogP contribution in [0.3, 0.4) is 0 Å². The van der Waals surface area contributed by atoms with Crippen LogP contribution in [0.25, 0.3) is 11.1 Å². The lowest BCUT2D eigenvalue weighted by molar-refractivity contribution is 0.174. The van der Waals surface area contributed by atoms with Crippen LogP contribution in [-0.2, 0) is 6.42 Å². The summed E-state index contributed by atoms with van der Waals surface area (Å²) in [5.74, 6) is 1.65. The fourth-order valence-corrected chi connectivity index (χ4v) is 3.09. The second-order valence-electron chi connectivity index (χ2n) is 5.48. The molecule has 4 rings (SSSR count). The number of hydrogen-bond donors (Lipinski definition) is 1. The van der Waals surface area contributed by atoms with Crippen molar-refractivity contribution in [3.05, 3.63) is 47.5 Å². The van der Waals surface area contributed by atoms with Gasteiger partial charge in [0, 0.05) is 6.04 Å². The van der Waals surface area contributed by atoms with Crippen LogP contribution in [0.2, 0.25) is 0 Å². The average molecular weight is 267 g/mol. The Morgan fingerprint density at radius 2 is 1.75 bits per heavy atom. The molecule has 1 heterocycles. The summed E-state index contributed by atoms with van der Waals surface area (Å²) < 4.78 is 10.8. The molecule has 2 aliphatic rings. The molecular formula is C17H17NO2. The Morgan fingerprint density at radius 3 is 2.70 bits per heavy atom. The molecule has 0 fully saturated rings. The van der Waals surface area contributed by atoms with E-state index in [1.165, 1.54) is 23.1 Å². The second kappa shape index (κ2) is 4.53. The molecule has 1 aliphatic heterocycles. The van der Waals surface area contributed by atoms with Gasteiger partial charge in [-0.05, 0) is 59.7 Å². The standard InChI is InChI=1S/C17H17NO2/c18-15-3-1-2-11-4-5-12(8-14(11)15)13-6-7-16-17(9-13)20-10-19-16/h4-9,15H,1-3,10,18H2. The first-order chi connectivity index (χ1) is 9.81. The molecule has 1 aliphatic carbocycles. The van der Waals surface area contributed by atoms with Crippen LogP contribution < -0.4 is 15.2 Å². The summed E-state index contributed by atoms with van der Waals surface area (Å²) in [6.07, 6.45) is 3.42. The van der Waals surface area contributed by atoms with E-state index in [2.05, 4.69) is 24.3 Å². The van der Waals surface area contributed by atoms with Crippen molar-refractivity contribution in [1.82, 2.24) is 0 Å². The molecule has 102 valence electrons. The summed E-state index contributed by atoms with van der Waals surface area (Å²) in [6, 6.07) is 12.9. The molecule has 0 bridgehead atoms. The molecule has 3 nitrogen and oxygen atoms in total. The van der Waals surface area contributed by atoms with Gasteiger partial charge in [-0.25, -0.2) is 0 Å². The molecule has 1 unspecified atom stereocenters. The van der Waals surface area contributed by atoms with Gasteiger partial charge < -0.3 is 15.2 Å². The summed E-state index contributed by atoms with van der Waals surface area (Å²) in [5.41, 5.74) is 11.3. The lowest BCUT2D eigenvalue weighted by atomic mass is 9.86. The van der Waals surface area contributed by atoms with E-state index in [0.29, 0.717) is 6.79 Å². The van der Waals surface area contributed by atoms with E-state index < -0.39 is 0 Å². The molecule has 0 radical (unpaired) electrons. The molecule has 3 heteroatoms.